The lowest BCUT2D eigenvalue weighted by Gasteiger charge is -2.41. The number of aliphatic hydroxyl groups is 1. The van der Waals surface area contributed by atoms with Crippen LogP contribution in [0.15, 0.2) is 61.1 Å². The number of hydrogen-bond donors (Lipinski definition) is 1. The van der Waals surface area contributed by atoms with Crippen molar-refractivity contribution in [3.63, 3.8) is 0 Å². The molecule has 0 saturated carbocycles. The molecule has 0 aliphatic carbocycles. The van der Waals surface area contributed by atoms with Gasteiger partial charge in [0.25, 0.3) is 0 Å². The first-order valence-electron chi connectivity index (χ1n) is 12.5. The van der Waals surface area contributed by atoms with E-state index in [1.807, 2.05) is 29.0 Å². The second-order valence-corrected chi connectivity index (χ2v) is 10.3. The molecule has 2 atom stereocenters. The zero-order chi connectivity index (χ0) is 26.9. The minimum absolute atomic E-state index is 0.0837. The Morgan fingerprint density at radius 3 is 2.42 bits per heavy atom. The molecule has 2 amide bonds. The molecule has 1 N–H and O–H groups in total. The molecule has 2 aromatic carbocycles. The smallest absolute Gasteiger partial charge is 0.406 e. The first-order chi connectivity index (χ1) is 18.1. The van der Waals surface area contributed by atoms with E-state index in [1.165, 1.54) is 12.1 Å². The molecule has 0 radical (unpaired) electrons. The SMILES string of the molecule is O=C(N1CCC(O)CC1)N1CC(c2ccc(OC(F)(F)F)cc2)CC(c2cn(-c3cccc(Cl)c3)cn2)C1. The number of hydrogen-bond acceptors (Lipinski definition) is 4. The maximum absolute atomic E-state index is 13.5. The maximum Gasteiger partial charge on any atom is 0.573 e. The number of aromatic nitrogens is 2. The number of aliphatic hydroxyl groups excluding tert-OH is 1. The topological polar surface area (TPSA) is 70.8 Å². The van der Waals surface area contributed by atoms with Crippen LogP contribution < -0.4 is 4.74 Å². The average molecular weight is 549 g/mol. The molecule has 2 unspecified atom stereocenters. The molecule has 3 aromatic rings. The highest BCUT2D eigenvalue weighted by Crippen LogP contribution is 2.37. The predicted molar refractivity (Wildman–Crippen MR) is 136 cm³/mol. The van der Waals surface area contributed by atoms with Gasteiger partial charge in [0.15, 0.2) is 0 Å². The van der Waals surface area contributed by atoms with Crippen molar-refractivity contribution >= 4 is 17.6 Å². The molecule has 7 nitrogen and oxygen atoms in total. The summed E-state index contributed by atoms with van der Waals surface area (Å²) < 4.78 is 43.8. The number of amides is 2. The fraction of sp³-hybridized carbons (Fsp3) is 0.407. The molecular formula is C27H28ClF3N4O3. The molecule has 1 aromatic heterocycles. The summed E-state index contributed by atoms with van der Waals surface area (Å²) in [5.74, 6) is -0.474. The van der Waals surface area contributed by atoms with Crippen molar-refractivity contribution in [2.24, 2.45) is 0 Å². The molecule has 0 bridgehead atoms. The van der Waals surface area contributed by atoms with Gasteiger partial charge in [0, 0.05) is 54.9 Å². The first kappa shape index (κ1) is 26.4. The number of carbonyl (C=O) groups excluding carboxylic acids is 1. The number of piperidine rings is 2. The second-order valence-electron chi connectivity index (χ2n) is 9.84. The van der Waals surface area contributed by atoms with E-state index in [0.29, 0.717) is 50.5 Å². The molecular weight excluding hydrogens is 521 g/mol. The summed E-state index contributed by atoms with van der Waals surface area (Å²) in [4.78, 5) is 21.7. The van der Waals surface area contributed by atoms with Crippen molar-refractivity contribution in [3.05, 3.63) is 77.3 Å². The fourth-order valence-electron chi connectivity index (χ4n) is 5.24. The third kappa shape index (κ3) is 6.24. The Morgan fingerprint density at radius 1 is 1.03 bits per heavy atom. The summed E-state index contributed by atoms with van der Waals surface area (Å²) in [6, 6.07) is 13.2. The van der Waals surface area contributed by atoms with Gasteiger partial charge in [0.1, 0.15) is 5.75 Å². The predicted octanol–water partition coefficient (Wildman–Crippen LogP) is 5.57. The van der Waals surface area contributed by atoms with E-state index in [-0.39, 0.29) is 23.6 Å². The number of ether oxygens (including phenoxy) is 1. The highest BCUT2D eigenvalue weighted by Gasteiger charge is 2.36. The number of carbonyl (C=O) groups is 1. The van der Waals surface area contributed by atoms with Crippen molar-refractivity contribution in [2.75, 3.05) is 26.2 Å². The molecule has 3 heterocycles. The minimum atomic E-state index is -4.76. The largest absolute Gasteiger partial charge is 0.573 e. The van der Waals surface area contributed by atoms with Gasteiger partial charge in [-0.05, 0) is 55.2 Å². The average Bonchev–Trinajstić information content (AvgIpc) is 3.39. The normalized spacial score (nSPS) is 21.0. The van der Waals surface area contributed by atoms with Crippen LogP contribution in [-0.4, -0.2) is 69.1 Å². The molecule has 2 saturated heterocycles. The Morgan fingerprint density at radius 2 is 1.74 bits per heavy atom. The van der Waals surface area contributed by atoms with Crippen molar-refractivity contribution < 1.29 is 27.8 Å². The first-order valence-corrected chi connectivity index (χ1v) is 12.9. The van der Waals surface area contributed by atoms with E-state index < -0.39 is 12.5 Å². The van der Waals surface area contributed by atoms with Gasteiger partial charge >= 0.3 is 12.4 Å². The van der Waals surface area contributed by atoms with Crippen LogP contribution in [0.5, 0.6) is 5.75 Å². The van der Waals surface area contributed by atoms with Crippen LogP contribution in [0.4, 0.5) is 18.0 Å². The zero-order valence-electron chi connectivity index (χ0n) is 20.5. The summed E-state index contributed by atoms with van der Waals surface area (Å²) >= 11 is 6.15. The third-order valence-electron chi connectivity index (χ3n) is 7.17. The van der Waals surface area contributed by atoms with Gasteiger partial charge in [-0.15, -0.1) is 13.2 Å². The summed E-state index contributed by atoms with van der Waals surface area (Å²) in [6.45, 7) is 1.87. The lowest BCUT2D eigenvalue weighted by atomic mass is 9.83. The zero-order valence-corrected chi connectivity index (χ0v) is 21.3. The third-order valence-corrected chi connectivity index (χ3v) is 7.40. The molecule has 202 valence electrons. The molecule has 0 spiro atoms. The van der Waals surface area contributed by atoms with Crippen molar-refractivity contribution in [1.82, 2.24) is 19.4 Å². The number of likely N-dealkylation sites (tertiary alicyclic amines) is 2. The molecule has 38 heavy (non-hydrogen) atoms. The lowest BCUT2D eigenvalue weighted by molar-refractivity contribution is -0.274. The Labute approximate surface area is 223 Å². The second kappa shape index (κ2) is 10.9. The van der Waals surface area contributed by atoms with E-state index in [4.69, 9.17) is 11.6 Å². The van der Waals surface area contributed by atoms with Crippen LogP contribution in [0.1, 0.15) is 42.4 Å². The van der Waals surface area contributed by atoms with Crippen LogP contribution in [0.2, 0.25) is 5.02 Å². The van der Waals surface area contributed by atoms with Crippen molar-refractivity contribution in [2.45, 2.75) is 43.6 Å². The van der Waals surface area contributed by atoms with Crippen LogP contribution >= 0.6 is 11.6 Å². The van der Waals surface area contributed by atoms with Gasteiger partial charge in [-0.3, -0.25) is 0 Å². The Hall–Kier alpha value is -3.24. The number of halogens is 4. The summed E-state index contributed by atoms with van der Waals surface area (Å²) in [6.07, 6.45) is 0.243. The maximum atomic E-state index is 13.5. The number of urea groups is 1. The van der Waals surface area contributed by atoms with Crippen molar-refractivity contribution in [1.29, 1.82) is 0 Å². The van der Waals surface area contributed by atoms with E-state index in [1.54, 1.807) is 34.3 Å². The van der Waals surface area contributed by atoms with E-state index in [2.05, 4.69) is 9.72 Å². The summed E-state index contributed by atoms with van der Waals surface area (Å²) in [5, 5.41) is 10.5. The van der Waals surface area contributed by atoms with Gasteiger partial charge in [-0.1, -0.05) is 29.8 Å². The molecule has 2 aliphatic rings. The lowest BCUT2D eigenvalue weighted by Crippen LogP contribution is -2.51. The standard InChI is InChI=1S/C27H28ClF3N4O3/c28-21-2-1-3-22(13-21)35-16-25(32-17-35)20-12-19(18-4-6-24(7-5-18)38-27(29,30)31)14-34(15-20)26(37)33-10-8-23(36)9-11-33/h1-7,13,16-17,19-20,23,36H,8-12,14-15H2. The number of rotatable bonds is 4. The Bertz CT molecular complexity index is 1260. The van der Waals surface area contributed by atoms with Gasteiger partial charge in [0.2, 0.25) is 0 Å². The fourth-order valence-corrected chi connectivity index (χ4v) is 5.42. The minimum Gasteiger partial charge on any atom is -0.406 e. The molecule has 5 rings (SSSR count). The van der Waals surface area contributed by atoms with Crippen LogP contribution in [0, 0.1) is 0 Å². The number of nitrogens with zero attached hydrogens (tertiary/aromatic N) is 4. The van der Waals surface area contributed by atoms with E-state index in [0.717, 1.165) is 16.9 Å². The van der Waals surface area contributed by atoms with E-state index in [9.17, 15) is 23.1 Å². The Balaban J connectivity index is 1.39. The monoisotopic (exact) mass is 548 g/mol. The van der Waals surface area contributed by atoms with E-state index >= 15 is 0 Å². The highest BCUT2D eigenvalue weighted by molar-refractivity contribution is 6.30. The molecule has 2 fully saturated rings. The number of benzene rings is 2. The number of alkyl halides is 3. The summed E-state index contributed by atoms with van der Waals surface area (Å²) in [5.41, 5.74) is 2.51. The summed E-state index contributed by atoms with van der Waals surface area (Å²) in [7, 11) is 0. The number of imidazole rings is 1. The van der Waals surface area contributed by atoms with Gasteiger partial charge in [-0.2, -0.15) is 0 Å². The van der Waals surface area contributed by atoms with Crippen LogP contribution in [0.25, 0.3) is 5.69 Å². The van der Waals surface area contributed by atoms with Gasteiger partial charge in [-0.25, -0.2) is 9.78 Å². The van der Waals surface area contributed by atoms with Gasteiger partial charge in [0.05, 0.1) is 18.1 Å². The van der Waals surface area contributed by atoms with Crippen molar-refractivity contribution in [3.8, 4) is 11.4 Å². The van der Waals surface area contributed by atoms with Gasteiger partial charge < -0.3 is 24.2 Å². The Kier molecular flexibility index (Phi) is 7.54. The molecule has 2 aliphatic heterocycles. The van der Waals surface area contributed by atoms with Crippen LogP contribution in [0.3, 0.4) is 0 Å². The highest BCUT2D eigenvalue weighted by atomic mass is 35.5. The van der Waals surface area contributed by atoms with Crippen LogP contribution in [-0.2, 0) is 0 Å². The molecule has 11 heteroatoms. The quantitative estimate of drug-likeness (QED) is 0.462.